The summed E-state index contributed by atoms with van der Waals surface area (Å²) in [4.78, 5) is 135. The highest BCUT2D eigenvalue weighted by atomic mass is 32.2. The molecule has 0 bridgehead atoms. The van der Waals surface area contributed by atoms with Crippen molar-refractivity contribution in [3.63, 3.8) is 0 Å². The smallest absolute Gasteiger partial charge is 0.327 e. The summed E-state index contributed by atoms with van der Waals surface area (Å²) in [7, 11) is 1.46. The molecular weight excluding hydrogens is 943 g/mol. The van der Waals surface area contributed by atoms with E-state index in [1.807, 2.05) is 0 Å². The second-order valence-electron chi connectivity index (χ2n) is 17.0. The van der Waals surface area contributed by atoms with Crippen LogP contribution in [-0.4, -0.2) is 122 Å². The Labute approximate surface area is 411 Å². The zero-order chi connectivity index (χ0) is 51.9. The number of rotatable bonds is 18. The Morgan fingerprint density at radius 3 is 1.76 bits per heavy atom. The first-order valence-electron chi connectivity index (χ1n) is 22.1. The van der Waals surface area contributed by atoms with Gasteiger partial charge in [0, 0.05) is 64.7 Å². The van der Waals surface area contributed by atoms with E-state index in [-0.39, 0.29) is 71.3 Å². The van der Waals surface area contributed by atoms with Crippen molar-refractivity contribution in [2.45, 2.75) is 82.8 Å². The standard InChI is InChI=1S/C50H51N5O15S/c1-27(56)67-36-22-13-20-34(40(36)69-29(3)58)45(62)53(7)24-15-25-54(46(63)35-21-14-23-37(68-28(2)57)41(35)70-30(4)59)26-32-18-11-12-19-33(32)43(60)51-38(31-16-9-8-10-17-31)44(61)52-39-47(64)55-42(49(65)66)50(5,6)71-48(39)55/h8-14,16-23,38-39,42,48H,15,24-26H2,1-7H3,(H,51,60)(H,52,61)(H,65,66). The Hall–Kier alpha value is -8.07. The van der Waals surface area contributed by atoms with Gasteiger partial charge in [-0.05, 0) is 61.7 Å². The predicted molar refractivity (Wildman–Crippen MR) is 253 cm³/mol. The van der Waals surface area contributed by atoms with Crippen LogP contribution in [0.5, 0.6) is 23.0 Å². The number of β-lactam (4-membered cyclic amide) rings is 1. The molecule has 5 amide bonds. The van der Waals surface area contributed by atoms with E-state index in [9.17, 15) is 53.1 Å². The fourth-order valence-corrected chi connectivity index (χ4v) is 9.81. The molecule has 21 heteroatoms. The predicted octanol–water partition coefficient (Wildman–Crippen LogP) is 4.30. The van der Waals surface area contributed by atoms with Crippen molar-refractivity contribution < 1.29 is 72.0 Å². The first kappa shape index (κ1) is 52.3. The summed E-state index contributed by atoms with van der Waals surface area (Å²) >= 11 is 1.25. The number of hydrogen-bond acceptors (Lipinski definition) is 15. The summed E-state index contributed by atoms with van der Waals surface area (Å²) in [5.41, 5.74) is 0.389. The van der Waals surface area contributed by atoms with Crippen molar-refractivity contribution in [2.24, 2.45) is 0 Å². The third-order valence-electron chi connectivity index (χ3n) is 11.2. The number of hydrogen-bond donors (Lipinski definition) is 3. The van der Waals surface area contributed by atoms with Gasteiger partial charge in [0.25, 0.3) is 17.7 Å². The minimum atomic E-state index is -1.36. The average Bonchev–Trinajstić information content (AvgIpc) is 3.57. The molecule has 0 aromatic heterocycles. The SMILES string of the molecule is CC(=O)Oc1cccc(C(=O)N(C)CCCN(Cc2ccccc2C(=O)NC(C(=O)NC2C(=O)N3C2SC(C)(C)C3C(=O)O)c2ccccc2)C(=O)c2cccc(OC(C)=O)c2OC(C)=O)c1OC(C)=O. The van der Waals surface area contributed by atoms with Gasteiger partial charge in [0.1, 0.15) is 23.5 Å². The highest BCUT2D eigenvalue weighted by Crippen LogP contribution is 2.51. The van der Waals surface area contributed by atoms with Crippen molar-refractivity contribution in [2.75, 3.05) is 20.1 Å². The van der Waals surface area contributed by atoms with Gasteiger partial charge >= 0.3 is 29.8 Å². The van der Waals surface area contributed by atoms with Gasteiger partial charge in [-0.15, -0.1) is 11.8 Å². The Bertz CT molecular complexity index is 2800. The summed E-state index contributed by atoms with van der Waals surface area (Å²) in [6, 6.07) is 19.2. The summed E-state index contributed by atoms with van der Waals surface area (Å²) in [5.74, 6) is -8.70. The number of esters is 4. The molecule has 20 nitrogen and oxygen atoms in total. The quantitative estimate of drug-likeness (QED) is 0.0713. The lowest BCUT2D eigenvalue weighted by atomic mass is 9.95. The molecule has 0 radical (unpaired) electrons. The van der Waals surface area contributed by atoms with E-state index in [0.717, 1.165) is 27.7 Å². The van der Waals surface area contributed by atoms with E-state index < -0.39 is 87.6 Å². The second kappa shape index (κ2) is 22.1. The topological polar surface area (TPSA) is 262 Å². The van der Waals surface area contributed by atoms with Crippen LogP contribution in [0.2, 0.25) is 0 Å². The van der Waals surface area contributed by atoms with E-state index in [0.29, 0.717) is 5.56 Å². The minimum Gasteiger partial charge on any atom is -0.480 e. The maximum atomic E-state index is 14.8. The molecule has 3 N–H and O–H groups in total. The number of carboxylic acids is 1. The van der Waals surface area contributed by atoms with Crippen LogP contribution in [0, 0.1) is 0 Å². The van der Waals surface area contributed by atoms with Crippen molar-refractivity contribution in [3.05, 3.63) is 119 Å². The highest BCUT2D eigenvalue weighted by molar-refractivity contribution is 8.01. The Kier molecular flexibility index (Phi) is 16.3. The molecule has 4 atom stereocenters. The molecular formula is C50H51N5O15S. The third-order valence-corrected chi connectivity index (χ3v) is 12.8. The number of ether oxygens (including phenoxy) is 4. The van der Waals surface area contributed by atoms with Gasteiger partial charge in [0.05, 0.1) is 11.1 Å². The summed E-state index contributed by atoms with van der Waals surface area (Å²) in [5, 5.41) is 14.7. The number of thioether (sulfide) groups is 1. The van der Waals surface area contributed by atoms with Crippen LogP contribution in [0.3, 0.4) is 0 Å². The fraction of sp³-hybridized carbons (Fsp3) is 0.320. The summed E-state index contributed by atoms with van der Waals surface area (Å²) in [6.45, 7) is 7.47. The summed E-state index contributed by atoms with van der Waals surface area (Å²) < 4.78 is 20.3. The molecule has 0 saturated carbocycles. The van der Waals surface area contributed by atoms with E-state index in [4.69, 9.17) is 18.9 Å². The van der Waals surface area contributed by atoms with Crippen molar-refractivity contribution >= 4 is 71.1 Å². The van der Waals surface area contributed by atoms with Crippen molar-refractivity contribution in [1.29, 1.82) is 0 Å². The summed E-state index contributed by atoms with van der Waals surface area (Å²) in [6.07, 6.45) is 0.0820. The molecule has 4 aromatic carbocycles. The van der Waals surface area contributed by atoms with Crippen LogP contribution in [0.25, 0.3) is 0 Å². The number of para-hydroxylation sites is 2. The van der Waals surface area contributed by atoms with Crippen LogP contribution >= 0.6 is 11.8 Å². The van der Waals surface area contributed by atoms with E-state index >= 15 is 0 Å². The van der Waals surface area contributed by atoms with E-state index in [2.05, 4.69) is 10.6 Å². The molecule has 6 rings (SSSR count). The van der Waals surface area contributed by atoms with Gasteiger partial charge in [-0.3, -0.25) is 43.2 Å². The zero-order valence-electron chi connectivity index (χ0n) is 39.7. The molecule has 2 aliphatic rings. The number of amides is 5. The first-order chi connectivity index (χ1) is 33.6. The van der Waals surface area contributed by atoms with Gasteiger partial charge in [-0.25, -0.2) is 4.79 Å². The lowest BCUT2D eigenvalue weighted by Crippen LogP contribution is -2.71. The lowest BCUT2D eigenvalue weighted by molar-refractivity contribution is -0.161. The van der Waals surface area contributed by atoms with Crippen molar-refractivity contribution in [1.82, 2.24) is 25.3 Å². The number of carboxylic acid groups (broad SMARTS) is 1. The average molecular weight is 994 g/mol. The Balaban J connectivity index is 1.29. The van der Waals surface area contributed by atoms with Gasteiger partial charge in [-0.1, -0.05) is 60.7 Å². The maximum absolute atomic E-state index is 14.8. The van der Waals surface area contributed by atoms with Crippen molar-refractivity contribution in [3.8, 4) is 23.0 Å². The Morgan fingerprint density at radius 1 is 0.690 bits per heavy atom. The third kappa shape index (κ3) is 12.0. The molecule has 2 heterocycles. The first-order valence-corrected chi connectivity index (χ1v) is 23.0. The van der Waals surface area contributed by atoms with Crippen LogP contribution in [-0.2, 0) is 40.1 Å². The molecule has 4 aromatic rings. The number of fused-ring (bicyclic) bond motifs is 1. The Morgan fingerprint density at radius 2 is 1.21 bits per heavy atom. The molecule has 2 aliphatic heterocycles. The number of nitrogens with one attached hydrogen (secondary N) is 2. The monoisotopic (exact) mass is 993 g/mol. The number of benzene rings is 4. The van der Waals surface area contributed by atoms with Gasteiger partial charge < -0.3 is 49.4 Å². The molecule has 372 valence electrons. The molecule has 2 fully saturated rings. The number of aliphatic carboxylic acids is 1. The second-order valence-corrected chi connectivity index (χ2v) is 18.8. The zero-order valence-corrected chi connectivity index (χ0v) is 40.5. The maximum Gasteiger partial charge on any atom is 0.327 e. The molecule has 4 unspecified atom stereocenters. The lowest BCUT2D eigenvalue weighted by Gasteiger charge is -2.44. The normalized spacial score (nSPS) is 16.7. The largest absolute Gasteiger partial charge is 0.480 e. The van der Waals surface area contributed by atoms with Gasteiger partial charge in [0.15, 0.2) is 23.0 Å². The van der Waals surface area contributed by atoms with E-state index in [1.165, 1.54) is 76.0 Å². The number of nitrogens with zero attached hydrogens (tertiary/aromatic N) is 3. The number of carbonyl (C=O) groups excluding carboxylic acids is 9. The number of carbonyl (C=O) groups is 10. The fourth-order valence-electron chi connectivity index (χ4n) is 8.19. The van der Waals surface area contributed by atoms with Crippen LogP contribution in [0.4, 0.5) is 0 Å². The van der Waals surface area contributed by atoms with Gasteiger partial charge in [0.2, 0.25) is 11.8 Å². The van der Waals surface area contributed by atoms with Crippen LogP contribution in [0.1, 0.15) is 96.2 Å². The minimum absolute atomic E-state index is 0.0186. The van der Waals surface area contributed by atoms with Crippen LogP contribution in [0.15, 0.2) is 91.0 Å². The van der Waals surface area contributed by atoms with E-state index in [1.54, 1.807) is 62.4 Å². The molecule has 0 aliphatic carbocycles. The highest BCUT2D eigenvalue weighted by Gasteiger charge is 2.64. The molecule has 71 heavy (non-hydrogen) atoms. The van der Waals surface area contributed by atoms with Gasteiger partial charge in [-0.2, -0.15) is 0 Å². The van der Waals surface area contributed by atoms with Crippen LogP contribution < -0.4 is 29.6 Å². The molecule has 0 spiro atoms. The molecule has 2 saturated heterocycles.